The summed E-state index contributed by atoms with van der Waals surface area (Å²) in [6.45, 7) is 12.9. The molecule has 0 saturated carbocycles. The molecule has 0 radical (unpaired) electrons. The Kier molecular flexibility index (Phi) is 5.62. The first-order valence-electron chi connectivity index (χ1n) is 6.61. The van der Waals surface area contributed by atoms with Crippen LogP contribution in [0.1, 0.15) is 47.0 Å². The SMILES string of the molecule is CCC(CNC(C)C)N1CCC(C)CC1. The smallest absolute Gasteiger partial charge is 0.0218 e. The number of nitrogens with one attached hydrogen (secondary N) is 1. The second-order valence-corrected chi connectivity index (χ2v) is 5.34. The Bertz CT molecular complexity index is 160. The summed E-state index contributed by atoms with van der Waals surface area (Å²) in [5.74, 6) is 0.941. The average Bonchev–Trinajstić information content (AvgIpc) is 2.21. The van der Waals surface area contributed by atoms with Gasteiger partial charge in [0.1, 0.15) is 0 Å². The first-order chi connectivity index (χ1) is 7.13. The number of piperidine rings is 1. The van der Waals surface area contributed by atoms with Gasteiger partial charge in [-0.3, -0.25) is 4.90 Å². The molecule has 0 aromatic rings. The maximum atomic E-state index is 3.56. The van der Waals surface area contributed by atoms with E-state index in [0.717, 1.165) is 18.5 Å². The van der Waals surface area contributed by atoms with Crippen molar-refractivity contribution in [1.29, 1.82) is 0 Å². The molecule has 1 atom stereocenters. The maximum Gasteiger partial charge on any atom is 0.0218 e. The summed E-state index contributed by atoms with van der Waals surface area (Å²) in [5, 5.41) is 3.56. The lowest BCUT2D eigenvalue weighted by Gasteiger charge is -2.36. The van der Waals surface area contributed by atoms with Gasteiger partial charge in [-0.25, -0.2) is 0 Å². The standard InChI is InChI=1S/C13H28N2/c1-5-13(10-14-11(2)3)15-8-6-12(4)7-9-15/h11-14H,5-10H2,1-4H3. The number of hydrogen-bond donors (Lipinski definition) is 1. The van der Waals surface area contributed by atoms with Crippen molar-refractivity contribution in [3.8, 4) is 0 Å². The van der Waals surface area contributed by atoms with E-state index in [-0.39, 0.29) is 0 Å². The van der Waals surface area contributed by atoms with Crippen molar-refractivity contribution in [2.24, 2.45) is 5.92 Å². The summed E-state index contributed by atoms with van der Waals surface area (Å²) in [6, 6.07) is 1.36. The molecule has 2 nitrogen and oxygen atoms in total. The van der Waals surface area contributed by atoms with Gasteiger partial charge in [0.15, 0.2) is 0 Å². The van der Waals surface area contributed by atoms with Gasteiger partial charge in [0.25, 0.3) is 0 Å². The summed E-state index contributed by atoms with van der Waals surface area (Å²) in [4.78, 5) is 2.68. The zero-order chi connectivity index (χ0) is 11.3. The highest BCUT2D eigenvalue weighted by atomic mass is 15.2. The van der Waals surface area contributed by atoms with E-state index in [0.29, 0.717) is 6.04 Å². The number of nitrogens with zero attached hydrogens (tertiary/aromatic N) is 1. The first kappa shape index (κ1) is 13.0. The second-order valence-electron chi connectivity index (χ2n) is 5.34. The molecule has 0 aromatic carbocycles. The summed E-state index contributed by atoms with van der Waals surface area (Å²) in [6.07, 6.45) is 4.05. The van der Waals surface area contributed by atoms with Crippen LogP contribution < -0.4 is 5.32 Å². The van der Waals surface area contributed by atoms with Gasteiger partial charge in [-0.15, -0.1) is 0 Å². The molecule has 1 heterocycles. The molecule has 15 heavy (non-hydrogen) atoms. The average molecular weight is 212 g/mol. The Balaban J connectivity index is 2.31. The van der Waals surface area contributed by atoms with E-state index in [1.165, 1.54) is 32.4 Å². The normalized spacial score (nSPS) is 22.2. The fraction of sp³-hybridized carbons (Fsp3) is 1.00. The maximum absolute atomic E-state index is 3.56. The zero-order valence-corrected chi connectivity index (χ0v) is 10.9. The molecular weight excluding hydrogens is 184 g/mol. The minimum absolute atomic E-state index is 0.614. The van der Waals surface area contributed by atoms with Gasteiger partial charge < -0.3 is 5.32 Å². The van der Waals surface area contributed by atoms with Crippen molar-refractivity contribution in [3.63, 3.8) is 0 Å². The van der Waals surface area contributed by atoms with E-state index in [1.54, 1.807) is 0 Å². The molecule has 90 valence electrons. The van der Waals surface area contributed by atoms with E-state index in [2.05, 4.69) is 37.9 Å². The Hall–Kier alpha value is -0.0800. The fourth-order valence-corrected chi connectivity index (χ4v) is 2.30. The molecule has 0 aromatic heterocycles. The molecule has 1 aliphatic rings. The van der Waals surface area contributed by atoms with Crippen molar-refractivity contribution >= 4 is 0 Å². The van der Waals surface area contributed by atoms with Crippen LogP contribution in [0.3, 0.4) is 0 Å². The van der Waals surface area contributed by atoms with E-state index in [9.17, 15) is 0 Å². The molecule has 1 unspecified atom stereocenters. The monoisotopic (exact) mass is 212 g/mol. The van der Waals surface area contributed by atoms with Crippen LogP contribution >= 0.6 is 0 Å². The minimum atomic E-state index is 0.614. The summed E-state index contributed by atoms with van der Waals surface area (Å²) in [7, 11) is 0. The third-order valence-corrected chi connectivity index (χ3v) is 3.57. The number of likely N-dealkylation sites (tertiary alicyclic amines) is 1. The van der Waals surface area contributed by atoms with Crippen LogP contribution in [-0.4, -0.2) is 36.6 Å². The fourth-order valence-electron chi connectivity index (χ4n) is 2.30. The number of rotatable bonds is 5. The van der Waals surface area contributed by atoms with Gasteiger partial charge in [-0.2, -0.15) is 0 Å². The Morgan fingerprint density at radius 3 is 2.33 bits per heavy atom. The quantitative estimate of drug-likeness (QED) is 0.753. The summed E-state index contributed by atoms with van der Waals surface area (Å²) < 4.78 is 0. The van der Waals surface area contributed by atoms with Gasteiger partial charge in [0.05, 0.1) is 0 Å². The lowest BCUT2D eigenvalue weighted by molar-refractivity contribution is 0.131. The molecule has 0 aliphatic carbocycles. The highest BCUT2D eigenvalue weighted by Gasteiger charge is 2.21. The van der Waals surface area contributed by atoms with Crippen LogP contribution in [0.4, 0.5) is 0 Å². The Labute approximate surface area is 95.4 Å². The molecule has 1 aliphatic heterocycles. The molecule has 0 spiro atoms. The van der Waals surface area contributed by atoms with E-state index in [4.69, 9.17) is 0 Å². The van der Waals surface area contributed by atoms with Gasteiger partial charge >= 0.3 is 0 Å². The highest BCUT2D eigenvalue weighted by Crippen LogP contribution is 2.18. The lowest BCUT2D eigenvalue weighted by atomic mass is 9.97. The lowest BCUT2D eigenvalue weighted by Crippen LogP contribution is -2.46. The third kappa shape index (κ3) is 4.52. The first-order valence-corrected chi connectivity index (χ1v) is 6.61. The van der Waals surface area contributed by atoms with E-state index >= 15 is 0 Å². The van der Waals surface area contributed by atoms with E-state index < -0.39 is 0 Å². The van der Waals surface area contributed by atoms with Gasteiger partial charge in [0.2, 0.25) is 0 Å². The van der Waals surface area contributed by atoms with E-state index in [1.807, 2.05) is 0 Å². The predicted octanol–water partition coefficient (Wildman–Crippen LogP) is 2.49. The summed E-state index contributed by atoms with van der Waals surface area (Å²) in [5.41, 5.74) is 0. The third-order valence-electron chi connectivity index (χ3n) is 3.57. The van der Waals surface area contributed by atoms with Crippen LogP contribution in [0.5, 0.6) is 0 Å². The van der Waals surface area contributed by atoms with Crippen LogP contribution in [0.25, 0.3) is 0 Å². The van der Waals surface area contributed by atoms with Crippen LogP contribution in [-0.2, 0) is 0 Å². The van der Waals surface area contributed by atoms with Crippen LogP contribution in [0.15, 0.2) is 0 Å². The van der Waals surface area contributed by atoms with Crippen molar-refractivity contribution < 1.29 is 0 Å². The number of hydrogen-bond acceptors (Lipinski definition) is 2. The molecular formula is C13H28N2. The van der Waals surface area contributed by atoms with Crippen LogP contribution in [0, 0.1) is 5.92 Å². The van der Waals surface area contributed by atoms with Crippen molar-refractivity contribution in [1.82, 2.24) is 10.2 Å². The predicted molar refractivity (Wildman–Crippen MR) is 67.2 cm³/mol. The van der Waals surface area contributed by atoms with Gasteiger partial charge in [-0.05, 0) is 38.3 Å². The molecule has 1 rings (SSSR count). The Morgan fingerprint density at radius 2 is 1.87 bits per heavy atom. The minimum Gasteiger partial charge on any atom is -0.313 e. The van der Waals surface area contributed by atoms with Crippen LogP contribution in [0.2, 0.25) is 0 Å². The molecule has 1 saturated heterocycles. The molecule has 1 fully saturated rings. The second kappa shape index (κ2) is 6.49. The highest BCUT2D eigenvalue weighted by molar-refractivity contribution is 4.78. The summed E-state index contributed by atoms with van der Waals surface area (Å²) >= 11 is 0. The van der Waals surface area contributed by atoms with Gasteiger partial charge in [-0.1, -0.05) is 27.7 Å². The van der Waals surface area contributed by atoms with Gasteiger partial charge in [0, 0.05) is 18.6 Å². The zero-order valence-electron chi connectivity index (χ0n) is 10.9. The largest absolute Gasteiger partial charge is 0.313 e. The Morgan fingerprint density at radius 1 is 1.27 bits per heavy atom. The molecule has 2 heteroatoms. The molecule has 0 bridgehead atoms. The van der Waals surface area contributed by atoms with Crippen molar-refractivity contribution in [3.05, 3.63) is 0 Å². The molecule has 1 N–H and O–H groups in total. The molecule has 0 amide bonds. The van der Waals surface area contributed by atoms with Crippen molar-refractivity contribution in [2.75, 3.05) is 19.6 Å². The topological polar surface area (TPSA) is 15.3 Å². The van der Waals surface area contributed by atoms with Crippen molar-refractivity contribution in [2.45, 2.75) is 59.0 Å².